The predicted octanol–water partition coefficient (Wildman–Crippen LogP) is 2.16. The molecule has 2 aromatic rings. The molecule has 5 heteroatoms. The van der Waals surface area contributed by atoms with Crippen LogP contribution in [0.1, 0.15) is 12.5 Å². The molecule has 1 aliphatic heterocycles. The summed E-state index contributed by atoms with van der Waals surface area (Å²) in [4.78, 5) is 26.1. The first-order chi connectivity index (χ1) is 11.6. The third-order valence-electron chi connectivity index (χ3n) is 4.03. The van der Waals surface area contributed by atoms with Crippen molar-refractivity contribution in [3.8, 4) is 5.75 Å². The number of benzene rings is 2. The van der Waals surface area contributed by atoms with Crippen LogP contribution in [0.25, 0.3) is 0 Å². The average Bonchev–Trinajstić information content (AvgIpc) is 2.94. The standard InChI is InChI=1S/C19H20N2O3/c1-14-11-15-7-5-6-10-17(15)21(14)19(23)12-20-18(22)13-24-16-8-3-2-4-9-16/h2-10,14H,11-13H2,1H3,(H,20,22). The molecule has 0 bridgehead atoms. The second kappa shape index (κ2) is 7.17. The van der Waals surface area contributed by atoms with Gasteiger partial charge in [-0.3, -0.25) is 9.59 Å². The van der Waals surface area contributed by atoms with Gasteiger partial charge in [0, 0.05) is 11.7 Å². The van der Waals surface area contributed by atoms with E-state index in [2.05, 4.69) is 5.32 Å². The Bertz CT molecular complexity index is 730. The lowest BCUT2D eigenvalue weighted by Crippen LogP contribution is -2.44. The first-order valence-corrected chi connectivity index (χ1v) is 7.99. The molecule has 1 heterocycles. The molecule has 2 aromatic carbocycles. The highest BCUT2D eigenvalue weighted by Gasteiger charge is 2.30. The highest BCUT2D eigenvalue weighted by atomic mass is 16.5. The van der Waals surface area contributed by atoms with Crippen molar-refractivity contribution >= 4 is 17.5 Å². The van der Waals surface area contributed by atoms with Crippen LogP contribution >= 0.6 is 0 Å². The van der Waals surface area contributed by atoms with Crippen LogP contribution in [-0.4, -0.2) is 31.0 Å². The molecular weight excluding hydrogens is 304 g/mol. The topological polar surface area (TPSA) is 58.6 Å². The number of rotatable bonds is 5. The van der Waals surface area contributed by atoms with E-state index in [1.165, 1.54) is 0 Å². The SMILES string of the molecule is CC1Cc2ccccc2N1C(=O)CNC(=O)COc1ccccc1. The largest absolute Gasteiger partial charge is 0.484 e. The van der Waals surface area contributed by atoms with Gasteiger partial charge < -0.3 is 15.0 Å². The first-order valence-electron chi connectivity index (χ1n) is 7.99. The van der Waals surface area contributed by atoms with Gasteiger partial charge in [-0.05, 0) is 37.1 Å². The van der Waals surface area contributed by atoms with E-state index < -0.39 is 0 Å². The molecule has 24 heavy (non-hydrogen) atoms. The zero-order chi connectivity index (χ0) is 16.9. The highest BCUT2D eigenvalue weighted by Crippen LogP contribution is 2.31. The number of anilines is 1. The first kappa shape index (κ1) is 16.1. The number of carbonyl (C=O) groups excluding carboxylic acids is 2. The smallest absolute Gasteiger partial charge is 0.258 e. The molecular formula is C19H20N2O3. The molecule has 0 aromatic heterocycles. The molecule has 1 aliphatic rings. The van der Waals surface area contributed by atoms with Crippen LogP contribution in [0, 0.1) is 0 Å². The van der Waals surface area contributed by atoms with Gasteiger partial charge in [0.25, 0.3) is 5.91 Å². The van der Waals surface area contributed by atoms with E-state index in [1.807, 2.05) is 49.4 Å². The molecule has 0 spiro atoms. The molecule has 0 saturated carbocycles. The van der Waals surface area contributed by atoms with Crippen LogP contribution in [0.4, 0.5) is 5.69 Å². The Labute approximate surface area is 141 Å². The normalized spacial score (nSPS) is 15.7. The molecule has 1 N–H and O–H groups in total. The minimum absolute atomic E-state index is 0.0321. The van der Waals surface area contributed by atoms with Gasteiger partial charge >= 0.3 is 0 Å². The van der Waals surface area contributed by atoms with Crippen LogP contribution in [0.2, 0.25) is 0 Å². The molecule has 0 fully saturated rings. The maximum atomic E-state index is 12.5. The van der Waals surface area contributed by atoms with Gasteiger partial charge in [0.2, 0.25) is 5.91 Å². The van der Waals surface area contributed by atoms with Crippen LogP contribution in [0.3, 0.4) is 0 Å². The zero-order valence-corrected chi connectivity index (χ0v) is 13.6. The van der Waals surface area contributed by atoms with Crippen molar-refractivity contribution in [3.05, 3.63) is 60.2 Å². The van der Waals surface area contributed by atoms with Crippen LogP contribution in [0.5, 0.6) is 5.75 Å². The second-order valence-electron chi connectivity index (χ2n) is 5.82. The van der Waals surface area contributed by atoms with E-state index in [1.54, 1.807) is 17.0 Å². The molecule has 0 aliphatic carbocycles. The third-order valence-corrected chi connectivity index (χ3v) is 4.03. The Hall–Kier alpha value is -2.82. The van der Waals surface area contributed by atoms with Crippen molar-refractivity contribution in [3.63, 3.8) is 0 Å². The van der Waals surface area contributed by atoms with E-state index in [-0.39, 0.29) is 31.0 Å². The van der Waals surface area contributed by atoms with Crippen molar-refractivity contribution < 1.29 is 14.3 Å². The molecule has 3 rings (SSSR count). The number of hydrogen-bond donors (Lipinski definition) is 1. The van der Waals surface area contributed by atoms with Crippen molar-refractivity contribution in [1.29, 1.82) is 0 Å². The summed E-state index contributed by atoms with van der Waals surface area (Å²) in [6, 6.07) is 17.1. The maximum absolute atomic E-state index is 12.5. The maximum Gasteiger partial charge on any atom is 0.258 e. The Balaban J connectivity index is 1.51. The summed E-state index contributed by atoms with van der Waals surface area (Å²) in [5.41, 5.74) is 2.10. The number of nitrogens with zero attached hydrogens (tertiary/aromatic N) is 1. The highest BCUT2D eigenvalue weighted by molar-refractivity contribution is 5.99. The van der Waals surface area contributed by atoms with Crippen LogP contribution < -0.4 is 15.0 Å². The fraction of sp³-hybridized carbons (Fsp3) is 0.263. The second-order valence-corrected chi connectivity index (χ2v) is 5.82. The quantitative estimate of drug-likeness (QED) is 0.917. The Morgan fingerprint density at radius 2 is 1.83 bits per heavy atom. The monoisotopic (exact) mass is 324 g/mol. The van der Waals surface area contributed by atoms with E-state index in [0.29, 0.717) is 5.75 Å². The van der Waals surface area contributed by atoms with Gasteiger partial charge in [-0.25, -0.2) is 0 Å². The lowest BCUT2D eigenvalue weighted by Gasteiger charge is -2.22. The number of carbonyl (C=O) groups is 2. The Kier molecular flexibility index (Phi) is 4.79. The van der Waals surface area contributed by atoms with E-state index in [9.17, 15) is 9.59 Å². The van der Waals surface area contributed by atoms with Gasteiger partial charge in [-0.15, -0.1) is 0 Å². The lowest BCUT2D eigenvalue weighted by molar-refractivity contribution is -0.126. The van der Waals surface area contributed by atoms with Gasteiger partial charge in [0.15, 0.2) is 6.61 Å². The number of hydrogen-bond acceptors (Lipinski definition) is 3. The van der Waals surface area contributed by atoms with Gasteiger partial charge in [0.05, 0.1) is 6.54 Å². The lowest BCUT2D eigenvalue weighted by atomic mass is 10.1. The van der Waals surface area contributed by atoms with Crippen molar-refractivity contribution in [2.75, 3.05) is 18.1 Å². The summed E-state index contributed by atoms with van der Waals surface area (Å²) in [6.45, 7) is 1.87. The molecule has 1 unspecified atom stereocenters. The molecule has 1 atom stereocenters. The van der Waals surface area contributed by atoms with Crippen LogP contribution in [-0.2, 0) is 16.0 Å². The number of fused-ring (bicyclic) bond motifs is 1. The fourth-order valence-electron chi connectivity index (χ4n) is 2.92. The van der Waals surface area contributed by atoms with Crippen molar-refractivity contribution in [1.82, 2.24) is 5.32 Å². The van der Waals surface area contributed by atoms with Gasteiger partial charge in [-0.1, -0.05) is 36.4 Å². The molecule has 0 saturated heterocycles. The summed E-state index contributed by atoms with van der Waals surface area (Å²) in [7, 11) is 0. The summed E-state index contributed by atoms with van der Waals surface area (Å²) < 4.78 is 5.37. The minimum Gasteiger partial charge on any atom is -0.484 e. The van der Waals surface area contributed by atoms with Crippen molar-refractivity contribution in [2.24, 2.45) is 0 Å². The van der Waals surface area contributed by atoms with Crippen LogP contribution in [0.15, 0.2) is 54.6 Å². The Morgan fingerprint density at radius 3 is 2.62 bits per heavy atom. The van der Waals surface area contributed by atoms with E-state index >= 15 is 0 Å². The van der Waals surface area contributed by atoms with E-state index in [4.69, 9.17) is 4.74 Å². The third kappa shape index (κ3) is 3.56. The molecule has 2 amide bonds. The number of nitrogens with one attached hydrogen (secondary N) is 1. The zero-order valence-electron chi connectivity index (χ0n) is 13.6. The average molecular weight is 324 g/mol. The number of amides is 2. The summed E-state index contributed by atoms with van der Waals surface area (Å²) in [6.07, 6.45) is 0.840. The van der Waals surface area contributed by atoms with E-state index in [0.717, 1.165) is 17.7 Å². The van der Waals surface area contributed by atoms with Crippen molar-refractivity contribution in [2.45, 2.75) is 19.4 Å². The predicted molar refractivity (Wildman–Crippen MR) is 92.0 cm³/mol. The minimum atomic E-state index is -0.313. The molecule has 0 radical (unpaired) electrons. The van der Waals surface area contributed by atoms with Gasteiger partial charge in [0.1, 0.15) is 5.75 Å². The summed E-state index contributed by atoms with van der Waals surface area (Å²) in [5, 5.41) is 2.63. The number of ether oxygens (including phenoxy) is 1. The Morgan fingerprint density at radius 1 is 1.12 bits per heavy atom. The summed E-state index contributed by atoms with van der Waals surface area (Å²) >= 11 is 0. The fourth-order valence-corrected chi connectivity index (χ4v) is 2.92. The molecule has 124 valence electrons. The summed E-state index contributed by atoms with van der Waals surface area (Å²) in [5.74, 6) is 0.203. The van der Waals surface area contributed by atoms with Gasteiger partial charge in [-0.2, -0.15) is 0 Å². The number of para-hydroxylation sites is 2. The molecule has 5 nitrogen and oxygen atoms in total.